The van der Waals surface area contributed by atoms with Gasteiger partial charge in [-0.25, -0.2) is 18.1 Å². The summed E-state index contributed by atoms with van der Waals surface area (Å²) in [5, 5.41) is 2.76. The van der Waals surface area contributed by atoms with Crippen molar-refractivity contribution in [1.29, 1.82) is 0 Å². The molecular weight excluding hydrogens is 434 g/mol. The van der Waals surface area contributed by atoms with Gasteiger partial charge in [0.1, 0.15) is 16.5 Å². The normalized spacial score (nSPS) is 14.9. The zero-order valence-electron chi connectivity index (χ0n) is 18.5. The second-order valence-electron chi connectivity index (χ2n) is 7.41. The largest absolute Gasteiger partial charge is 0.495 e. The van der Waals surface area contributed by atoms with Crippen molar-refractivity contribution in [2.45, 2.75) is 4.90 Å². The number of pyridine rings is 1. The quantitative estimate of drug-likeness (QED) is 0.530. The molecule has 3 rings (SSSR count). The van der Waals surface area contributed by atoms with Gasteiger partial charge in [0.2, 0.25) is 10.0 Å². The van der Waals surface area contributed by atoms with E-state index >= 15 is 0 Å². The number of anilines is 2. The molecule has 1 aliphatic rings. The number of methoxy groups -OCH3 is 2. The van der Waals surface area contributed by atoms with E-state index in [2.05, 4.69) is 31.9 Å². The number of nitrogens with zero attached hydrogens (tertiary/aromatic N) is 3. The third kappa shape index (κ3) is 5.94. The van der Waals surface area contributed by atoms with E-state index in [9.17, 15) is 13.2 Å². The van der Waals surface area contributed by atoms with Crippen LogP contribution in [0.4, 0.5) is 11.5 Å². The van der Waals surface area contributed by atoms with Gasteiger partial charge in [-0.15, -0.1) is 0 Å². The average Bonchev–Trinajstić information content (AvgIpc) is 2.80. The number of likely N-dealkylation sites (N-methyl/N-ethyl adjacent to an activating group) is 1. The molecule has 1 amide bonds. The zero-order chi connectivity index (χ0) is 23.1. The van der Waals surface area contributed by atoms with E-state index in [1.807, 2.05) is 6.07 Å². The zero-order valence-corrected chi connectivity index (χ0v) is 19.3. The Kier molecular flexibility index (Phi) is 8.02. The van der Waals surface area contributed by atoms with Crippen molar-refractivity contribution in [3.05, 3.63) is 42.1 Å². The fraction of sp³-hybridized carbons (Fsp3) is 0.429. The number of rotatable bonds is 9. The van der Waals surface area contributed by atoms with Gasteiger partial charge in [0.05, 0.1) is 25.6 Å². The van der Waals surface area contributed by atoms with Crippen LogP contribution in [-0.4, -0.2) is 84.8 Å². The van der Waals surface area contributed by atoms with Crippen LogP contribution in [0, 0.1) is 0 Å². The first-order chi connectivity index (χ1) is 15.3. The summed E-state index contributed by atoms with van der Waals surface area (Å²) in [6, 6.07) is 7.90. The molecule has 1 aromatic heterocycles. The van der Waals surface area contributed by atoms with E-state index in [-0.39, 0.29) is 29.4 Å². The van der Waals surface area contributed by atoms with E-state index < -0.39 is 15.9 Å². The molecule has 2 aromatic rings. The van der Waals surface area contributed by atoms with Crippen molar-refractivity contribution in [3.63, 3.8) is 0 Å². The van der Waals surface area contributed by atoms with Crippen LogP contribution in [0.2, 0.25) is 0 Å². The summed E-state index contributed by atoms with van der Waals surface area (Å²) in [5.74, 6) is 0.552. The van der Waals surface area contributed by atoms with Gasteiger partial charge in [-0.2, -0.15) is 0 Å². The molecule has 2 heterocycles. The Labute approximate surface area is 188 Å². The van der Waals surface area contributed by atoms with Gasteiger partial charge in [0.25, 0.3) is 5.91 Å². The number of carbonyl (C=O) groups is 1. The van der Waals surface area contributed by atoms with Crippen LogP contribution < -0.4 is 19.7 Å². The number of carbonyl (C=O) groups excluding carboxylic acids is 1. The lowest BCUT2D eigenvalue weighted by molar-refractivity contribution is 0.102. The summed E-state index contributed by atoms with van der Waals surface area (Å²) in [6.45, 7) is 4.07. The molecule has 1 aromatic carbocycles. The SMILES string of the molecule is COCCNS(=O)(=O)c1cc(C(=O)Nc2ccc(N3CCN(C)CC3)nc2)ccc1OC. The maximum absolute atomic E-state index is 12.7. The first-order valence-electron chi connectivity index (χ1n) is 10.2. The Bertz CT molecular complexity index is 1020. The van der Waals surface area contributed by atoms with E-state index in [0.29, 0.717) is 5.69 Å². The monoisotopic (exact) mass is 463 g/mol. The lowest BCUT2D eigenvalue weighted by atomic mass is 10.2. The average molecular weight is 464 g/mol. The fourth-order valence-electron chi connectivity index (χ4n) is 3.27. The van der Waals surface area contributed by atoms with Gasteiger partial charge in [-0.1, -0.05) is 0 Å². The van der Waals surface area contributed by atoms with Crippen molar-refractivity contribution >= 4 is 27.4 Å². The molecule has 2 N–H and O–H groups in total. The summed E-state index contributed by atoms with van der Waals surface area (Å²) in [5.41, 5.74) is 0.701. The summed E-state index contributed by atoms with van der Waals surface area (Å²) in [4.78, 5) is 21.5. The minimum absolute atomic E-state index is 0.101. The summed E-state index contributed by atoms with van der Waals surface area (Å²) in [7, 11) is 1.06. The molecule has 10 nitrogen and oxygen atoms in total. The number of hydrogen-bond donors (Lipinski definition) is 2. The Hall–Kier alpha value is -2.73. The highest BCUT2D eigenvalue weighted by Gasteiger charge is 2.22. The Morgan fingerprint density at radius 2 is 1.88 bits per heavy atom. The van der Waals surface area contributed by atoms with Gasteiger partial charge in [0, 0.05) is 45.4 Å². The van der Waals surface area contributed by atoms with E-state index in [1.54, 1.807) is 12.3 Å². The molecular formula is C21H29N5O5S. The van der Waals surface area contributed by atoms with E-state index in [0.717, 1.165) is 32.0 Å². The highest BCUT2D eigenvalue weighted by atomic mass is 32.2. The molecule has 1 fully saturated rings. The molecule has 11 heteroatoms. The molecule has 32 heavy (non-hydrogen) atoms. The van der Waals surface area contributed by atoms with Crippen LogP contribution in [0.3, 0.4) is 0 Å². The summed E-state index contributed by atoms with van der Waals surface area (Å²) in [6.07, 6.45) is 1.60. The molecule has 0 saturated carbocycles. The molecule has 0 atom stereocenters. The number of ether oxygens (including phenoxy) is 2. The van der Waals surface area contributed by atoms with Gasteiger partial charge in [-0.05, 0) is 37.4 Å². The Morgan fingerprint density at radius 1 is 1.12 bits per heavy atom. The second kappa shape index (κ2) is 10.7. The second-order valence-corrected chi connectivity index (χ2v) is 9.14. The lowest BCUT2D eigenvalue weighted by Gasteiger charge is -2.33. The number of benzene rings is 1. The third-order valence-corrected chi connectivity index (χ3v) is 6.63. The highest BCUT2D eigenvalue weighted by molar-refractivity contribution is 7.89. The third-order valence-electron chi connectivity index (χ3n) is 5.15. The fourth-order valence-corrected chi connectivity index (χ4v) is 4.48. The van der Waals surface area contributed by atoms with Gasteiger partial charge in [0.15, 0.2) is 0 Å². The smallest absolute Gasteiger partial charge is 0.255 e. The van der Waals surface area contributed by atoms with Crippen LogP contribution in [0.15, 0.2) is 41.4 Å². The van der Waals surface area contributed by atoms with Gasteiger partial charge < -0.3 is 24.6 Å². The van der Waals surface area contributed by atoms with Crippen molar-refractivity contribution in [2.75, 3.05) is 70.8 Å². The summed E-state index contributed by atoms with van der Waals surface area (Å²) < 4.78 is 37.7. The number of sulfonamides is 1. The lowest BCUT2D eigenvalue weighted by Crippen LogP contribution is -2.44. The molecule has 174 valence electrons. The van der Waals surface area contributed by atoms with Crippen LogP contribution in [0.1, 0.15) is 10.4 Å². The van der Waals surface area contributed by atoms with Gasteiger partial charge >= 0.3 is 0 Å². The molecule has 0 radical (unpaired) electrons. The van der Waals surface area contributed by atoms with Crippen molar-refractivity contribution < 1.29 is 22.7 Å². The number of aromatic nitrogens is 1. The minimum Gasteiger partial charge on any atom is -0.495 e. The molecule has 0 spiro atoms. The Balaban J connectivity index is 1.72. The summed E-state index contributed by atoms with van der Waals surface area (Å²) >= 11 is 0. The molecule has 0 aliphatic carbocycles. The van der Waals surface area contributed by atoms with E-state index in [4.69, 9.17) is 9.47 Å². The topological polar surface area (TPSA) is 113 Å². The first kappa shape index (κ1) is 23.9. The highest BCUT2D eigenvalue weighted by Crippen LogP contribution is 2.25. The molecule has 0 bridgehead atoms. The van der Waals surface area contributed by atoms with Crippen LogP contribution in [0.25, 0.3) is 0 Å². The minimum atomic E-state index is -3.88. The van der Waals surface area contributed by atoms with Crippen molar-refractivity contribution in [3.8, 4) is 5.75 Å². The van der Waals surface area contributed by atoms with Crippen LogP contribution in [-0.2, 0) is 14.8 Å². The maximum Gasteiger partial charge on any atom is 0.255 e. The number of amides is 1. The molecule has 1 saturated heterocycles. The molecule has 1 aliphatic heterocycles. The molecule has 0 unspecified atom stereocenters. The number of piperazine rings is 1. The van der Waals surface area contributed by atoms with Crippen LogP contribution >= 0.6 is 0 Å². The van der Waals surface area contributed by atoms with Crippen LogP contribution in [0.5, 0.6) is 5.75 Å². The predicted molar refractivity (Wildman–Crippen MR) is 122 cm³/mol. The van der Waals surface area contributed by atoms with Crippen molar-refractivity contribution in [1.82, 2.24) is 14.6 Å². The number of hydrogen-bond acceptors (Lipinski definition) is 8. The maximum atomic E-state index is 12.7. The van der Waals surface area contributed by atoms with Gasteiger partial charge in [-0.3, -0.25) is 4.79 Å². The first-order valence-corrected chi connectivity index (χ1v) is 11.7. The van der Waals surface area contributed by atoms with Crippen molar-refractivity contribution in [2.24, 2.45) is 0 Å². The van der Waals surface area contributed by atoms with E-state index in [1.165, 1.54) is 32.4 Å². The number of nitrogens with one attached hydrogen (secondary N) is 2. The predicted octanol–water partition coefficient (Wildman–Crippen LogP) is 1.02. The Morgan fingerprint density at radius 3 is 2.50 bits per heavy atom. The standard InChI is InChI=1S/C21H29N5O5S/c1-25-9-11-26(12-10-25)20-7-5-17(15-22-20)24-21(27)16-4-6-18(31-3)19(14-16)32(28,29)23-8-13-30-2/h4-7,14-15,23H,8-13H2,1-3H3,(H,24,27).